The molecule has 2 heteroatoms. The molecule has 1 aliphatic rings. The molecule has 1 rings (SSSR count). The number of hydrogen-bond donors (Lipinski definition) is 0. The van der Waals surface area contributed by atoms with Crippen molar-refractivity contribution in [1.29, 1.82) is 0 Å². The van der Waals surface area contributed by atoms with E-state index in [4.69, 9.17) is 0 Å². The van der Waals surface area contributed by atoms with Gasteiger partial charge >= 0.3 is 0 Å². The first-order valence-corrected chi connectivity index (χ1v) is 7.83. The van der Waals surface area contributed by atoms with Crippen molar-refractivity contribution in [2.45, 2.75) is 53.9 Å². The first-order chi connectivity index (χ1) is 10.3. The zero-order valence-corrected chi connectivity index (χ0v) is 14.4. The third kappa shape index (κ3) is 5.25. The standard InChI is InChI=1S/C20H27FO/c1-15(12-14-22)8-11-19(21)17(3)9-10-18-16(2)7-6-13-20(18,4)5/h8-12,14H,6-7,13H2,1-5H3/b10-9-,11-8+,15-12+,19-17-. The average Bonchev–Trinajstić information content (AvgIpc) is 2.43. The lowest BCUT2D eigenvalue weighted by Crippen LogP contribution is -2.19. The Hall–Kier alpha value is -1.70. The van der Waals surface area contributed by atoms with Crippen molar-refractivity contribution in [2.75, 3.05) is 0 Å². The third-order valence-corrected chi connectivity index (χ3v) is 4.24. The Balaban J connectivity index is 2.94. The summed E-state index contributed by atoms with van der Waals surface area (Å²) >= 11 is 0. The van der Waals surface area contributed by atoms with E-state index in [0.29, 0.717) is 11.9 Å². The zero-order chi connectivity index (χ0) is 16.8. The summed E-state index contributed by atoms with van der Waals surface area (Å²) in [4.78, 5) is 10.3. The molecule has 0 fully saturated rings. The Bertz CT molecular complexity index is 569. The second-order valence-electron chi connectivity index (χ2n) is 6.68. The van der Waals surface area contributed by atoms with E-state index in [1.165, 1.54) is 36.1 Å². The largest absolute Gasteiger partial charge is 0.299 e. The molecule has 120 valence electrons. The Morgan fingerprint density at radius 3 is 2.45 bits per heavy atom. The normalized spacial score (nSPS) is 20.7. The Morgan fingerprint density at radius 2 is 1.86 bits per heavy atom. The van der Waals surface area contributed by atoms with Crippen LogP contribution >= 0.6 is 0 Å². The van der Waals surface area contributed by atoms with E-state index in [1.807, 2.05) is 6.08 Å². The molecule has 0 aromatic carbocycles. The fourth-order valence-corrected chi connectivity index (χ4v) is 2.80. The molecule has 0 amide bonds. The van der Waals surface area contributed by atoms with Crippen LogP contribution in [0.3, 0.4) is 0 Å². The highest BCUT2D eigenvalue weighted by atomic mass is 19.1. The van der Waals surface area contributed by atoms with Crippen molar-refractivity contribution >= 4 is 6.29 Å². The summed E-state index contributed by atoms with van der Waals surface area (Å²) in [5, 5.41) is 0. The molecule has 0 spiro atoms. The van der Waals surface area contributed by atoms with Gasteiger partial charge in [-0.3, -0.25) is 4.79 Å². The monoisotopic (exact) mass is 302 g/mol. The smallest absolute Gasteiger partial charge is 0.143 e. The van der Waals surface area contributed by atoms with Crippen molar-refractivity contribution in [3.05, 3.63) is 58.5 Å². The molecule has 1 nitrogen and oxygen atoms in total. The van der Waals surface area contributed by atoms with E-state index < -0.39 is 0 Å². The van der Waals surface area contributed by atoms with Crippen LogP contribution in [0.5, 0.6) is 0 Å². The van der Waals surface area contributed by atoms with E-state index in [-0.39, 0.29) is 11.2 Å². The summed E-state index contributed by atoms with van der Waals surface area (Å²) in [7, 11) is 0. The lowest BCUT2D eigenvalue weighted by atomic mass is 9.72. The lowest BCUT2D eigenvalue weighted by molar-refractivity contribution is -0.104. The second kappa shape index (κ2) is 8.07. The van der Waals surface area contributed by atoms with E-state index in [0.717, 1.165) is 12.0 Å². The van der Waals surface area contributed by atoms with Gasteiger partial charge in [-0.1, -0.05) is 37.6 Å². The van der Waals surface area contributed by atoms with Gasteiger partial charge in [0.2, 0.25) is 0 Å². The quantitative estimate of drug-likeness (QED) is 0.345. The van der Waals surface area contributed by atoms with E-state index >= 15 is 0 Å². The molecule has 0 unspecified atom stereocenters. The van der Waals surface area contributed by atoms with Crippen LogP contribution in [-0.2, 0) is 4.79 Å². The van der Waals surface area contributed by atoms with Gasteiger partial charge in [0.15, 0.2) is 0 Å². The number of halogens is 1. The summed E-state index contributed by atoms with van der Waals surface area (Å²) in [5.74, 6) is -0.276. The highest BCUT2D eigenvalue weighted by molar-refractivity contribution is 5.67. The van der Waals surface area contributed by atoms with Gasteiger partial charge in [-0.2, -0.15) is 0 Å². The summed E-state index contributed by atoms with van der Waals surface area (Å²) in [6.07, 6.45) is 12.6. The molecule has 0 radical (unpaired) electrons. The van der Waals surface area contributed by atoms with Gasteiger partial charge in [0.1, 0.15) is 12.1 Å². The Kier molecular flexibility index (Phi) is 6.73. The minimum absolute atomic E-state index is 0.161. The molecule has 22 heavy (non-hydrogen) atoms. The van der Waals surface area contributed by atoms with Gasteiger partial charge < -0.3 is 0 Å². The fourth-order valence-electron chi connectivity index (χ4n) is 2.80. The van der Waals surface area contributed by atoms with Crippen LogP contribution in [0.4, 0.5) is 4.39 Å². The average molecular weight is 302 g/mol. The third-order valence-electron chi connectivity index (χ3n) is 4.24. The molecule has 1 aliphatic carbocycles. The van der Waals surface area contributed by atoms with Gasteiger partial charge in [-0.25, -0.2) is 4.39 Å². The maximum absolute atomic E-state index is 14.1. The maximum Gasteiger partial charge on any atom is 0.143 e. The number of rotatable bonds is 5. The van der Waals surface area contributed by atoms with Crippen molar-refractivity contribution in [3.8, 4) is 0 Å². The highest BCUT2D eigenvalue weighted by Crippen LogP contribution is 2.40. The predicted molar refractivity (Wildman–Crippen MR) is 92.2 cm³/mol. The summed E-state index contributed by atoms with van der Waals surface area (Å²) in [5.41, 5.74) is 4.22. The number of carbonyl (C=O) groups is 1. The fraction of sp³-hybridized carbons (Fsp3) is 0.450. The van der Waals surface area contributed by atoms with Crippen LogP contribution < -0.4 is 0 Å². The van der Waals surface area contributed by atoms with E-state index in [9.17, 15) is 9.18 Å². The van der Waals surface area contributed by atoms with Crippen LogP contribution in [0, 0.1) is 5.41 Å². The highest BCUT2D eigenvalue weighted by Gasteiger charge is 2.26. The number of carbonyl (C=O) groups excluding carboxylic acids is 1. The second-order valence-corrected chi connectivity index (χ2v) is 6.68. The molecule has 0 atom stereocenters. The molecule has 0 saturated carbocycles. The molecule has 0 saturated heterocycles. The molecule has 0 bridgehead atoms. The van der Waals surface area contributed by atoms with E-state index in [1.54, 1.807) is 19.9 Å². The van der Waals surface area contributed by atoms with Gasteiger partial charge in [0, 0.05) is 0 Å². The first-order valence-electron chi connectivity index (χ1n) is 7.83. The van der Waals surface area contributed by atoms with Crippen LogP contribution in [-0.4, -0.2) is 6.29 Å². The van der Waals surface area contributed by atoms with Crippen molar-refractivity contribution in [1.82, 2.24) is 0 Å². The first kappa shape index (κ1) is 18.3. The van der Waals surface area contributed by atoms with Crippen molar-refractivity contribution in [2.24, 2.45) is 5.41 Å². The van der Waals surface area contributed by atoms with Crippen LogP contribution in [0.15, 0.2) is 58.5 Å². The van der Waals surface area contributed by atoms with Gasteiger partial charge in [-0.05, 0) is 74.3 Å². The van der Waals surface area contributed by atoms with Gasteiger partial charge in [0.05, 0.1) is 0 Å². The molecular weight excluding hydrogens is 275 g/mol. The van der Waals surface area contributed by atoms with Crippen LogP contribution in [0.25, 0.3) is 0 Å². The minimum atomic E-state index is -0.276. The van der Waals surface area contributed by atoms with Gasteiger partial charge in [-0.15, -0.1) is 0 Å². The summed E-state index contributed by atoms with van der Waals surface area (Å²) in [6, 6.07) is 0. The minimum Gasteiger partial charge on any atom is -0.299 e. The summed E-state index contributed by atoms with van der Waals surface area (Å²) < 4.78 is 14.1. The lowest BCUT2D eigenvalue weighted by Gasteiger charge is -2.32. The molecule has 0 N–H and O–H groups in total. The topological polar surface area (TPSA) is 17.1 Å². The van der Waals surface area contributed by atoms with Crippen LogP contribution in [0.1, 0.15) is 53.9 Å². The maximum atomic E-state index is 14.1. The van der Waals surface area contributed by atoms with Gasteiger partial charge in [0.25, 0.3) is 0 Å². The SMILES string of the molecule is CC1=C(\C=C/C(C)=C(F)/C=C/C(C)=C/C=O)C(C)(C)CCC1. The number of aldehydes is 1. The zero-order valence-electron chi connectivity index (χ0n) is 14.4. The molecule has 0 heterocycles. The van der Waals surface area contributed by atoms with E-state index in [2.05, 4.69) is 26.8 Å². The summed E-state index contributed by atoms with van der Waals surface area (Å²) in [6.45, 7) is 10.2. The Morgan fingerprint density at radius 1 is 1.18 bits per heavy atom. The number of allylic oxidation sites excluding steroid dienone is 10. The van der Waals surface area contributed by atoms with Crippen molar-refractivity contribution in [3.63, 3.8) is 0 Å². The molecule has 0 aromatic heterocycles. The molecular formula is C20H27FO. The number of hydrogen-bond acceptors (Lipinski definition) is 1. The van der Waals surface area contributed by atoms with Crippen molar-refractivity contribution < 1.29 is 9.18 Å². The Labute approximate surface area is 134 Å². The van der Waals surface area contributed by atoms with Crippen LogP contribution in [0.2, 0.25) is 0 Å². The molecule has 0 aliphatic heterocycles. The predicted octanol–water partition coefficient (Wildman–Crippen LogP) is 6.01. The molecule has 0 aromatic rings.